The van der Waals surface area contributed by atoms with Crippen molar-refractivity contribution in [2.45, 2.75) is 49.6 Å². The van der Waals surface area contributed by atoms with E-state index in [-0.39, 0.29) is 4.90 Å². The van der Waals surface area contributed by atoms with Crippen LogP contribution in [0.4, 0.5) is 0 Å². The lowest BCUT2D eigenvalue weighted by molar-refractivity contribution is 0.269. The SMILES string of the molecule is CS(=O)(=O)c1ccc(-c2nc(CN[C@@H](c3ccccc3)C3CCCCC3)co2)cc1. The number of hydrogen-bond donors (Lipinski definition) is 1. The first-order valence-electron chi connectivity index (χ1n) is 10.5. The molecule has 0 amide bonds. The molecule has 1 aliphatic rings. The Labute approximate surface area is 178 Å². The molecule has 0 unspecified atom stereocenters. The molecule has 4 rings (SSSR count). The zero-order valence-corrected chi connectivity index (χ0v) is 18.1. The first-order chi connectivity index (χ1) is 14.5. The Morgan fingerprint density at radius 2 is 1.73 bits per heavy atom. The van der Waals surface area contributed by atoms with Gasteiger partial charge in [0.05, 0.1) is 10.6 Å². The summed E-state index contributed by atoms with van der Waals surface area (Å²) >= 11 is 0. The van der Waals surface area contributed by atoms with Gasteiger partial charge < -0.3 is 9.73 Å². The maximum absolute atomic E-state index is 11.6. The minimum Gasteiger partial charge on any atom is -0.444 e. The molecule has 1 N–H and O–H groups in total. The van der Waals surface area contributed by atoms with Crippen molar-refractivity contribution in [3.8, 4) is 11.5 Å². The highest BCUT2D eigenvalue weighted by molar-refractivity contribution is 7.90. The lowest BCUT2D eigenvalue weighted by atomic mass is 9.81. The Hall–Kier alpha value is -2.44. The molecule has 1 heterocycles. The molecule has 0 radical (unpaired) electrons. The summed E-state index contributed by atoms with van der Waals surface area (Å²) in [5.74, 6) is 1.14. The summed E-state index contributed by atoms with van der Waals surface area (Å²) in [4.78, 5) is 4.89. The van der Waals surface area contributed by atoms with Gasteiger partial charge in [-0.1, -0.05) is 49.6 Å². The largest absolute Gasteiger partial charge is 0.444 e. The van der Waals surface area contributed by atoms with Crippen molar-refractivity contribution in [3.05, 3.63) is 72.1 Å². The van der Waals surface area contributed by atoms with Crippen molar-refractivity contribution in [3.63, 3.8) is 0 Å². The van der Waals surface area contributed by atoms with E-state index in [4.69, 9.17) is 4.42 Å². The number of hydrogen-bond acceptors (Lipinski definition) is 5. The lowest BCUT2D eigenvalue weighted by Crippen LogP contribution is -2.29. The molecule has 2 aromatic carbocycles. The fourth-order valence-corrected chi connectivity index (χ4v) is 4.90. The zero-order valence-electron chi connectivity index (χ0n) is 17.3. The van der Waals surface area contributed by atoms with E-state index >= 15 is 0 Å². The van der Waals surface area contributed by atoms with Gasteiger partial charge >= 0.3 is 0 Å². The third-order valence-corrected chi connectivity index (χ3v) is 6.99. The van der Waals surface area contributed by atoms with Gasteiger partial charge in [0.15, 0.2) is 9.84 Å². The van der Waals surface area contributed by atoms with Crippen LogP contribution in [-0.4, -0.2) is 19.7 Å². The van der Waals surface area contributed by atoms with Gasteiger partial charge in [-0.3, -0.25) is 0 Å². The van der Waals surface area contributed by atoms with Gasteiger partial charge in [-0.05, 0) is 48.6 Å². The summed E-state index contributed by atoms with van der Waals surface area (Å²) in [5, 5.41) is 3.71. The van der Waals surface area contributed by atoms with Crippen molar-refractivity contribution in [1.82, 2.24) is 10.3 Å². The zero-order chi connectivity index (χ0) is 21.0. The van der Waals surface area contributed by atoms with E-state index < -0.39 is 9.84 Å². The minimum atomic E-state index is -3.21. The van der Waals surface area contributed by atoms with Gasteiger partial charge in [0.2, 0.25) is 5.89 Å². The molecule has 1 atom stereocenters. The number of nitrogens with zero attached hydrogens (tertiary/aromatic N) is 1. The average molecular weight is 425 g/mol. The Morgan fingerprint density at radius 3 is 2.40 bits per heavy atom. The molecule has 1 saturated carbocycles. The van der Waals surface area contributed by atoms with Crippen molar-refractivity contribution >= 4 is 9.84 Å². The monoisotopic (exact) mass is 424 g/mol. The molecule has 0 spiro atoms. The topological polar surface area (TPSA) is 72.2 Å². The second-order valence-corrected chi connectivity index (χ2v) is 10.1. The third-order valence-electron chi connectivity index (χ3n) is 5.86. The summed E-state index contributed by atoms with van der Waals surface area (Å²) < 4.78 is 28.9. The van der Waals surface area contributed by atoms with Gasteiger partial charge in [-0.25, -0.2) is 13.4 Å². The smallest absolute Gasteiger partial charge is 0.226 e. The Kier molecular flexibility index (Phi) is 6.35. The highest BCUT2D eigenvalue weighted by Gasteiger charge is 2.25. The average Bonchev–Trinajstić information content (AvgIpc) is 3.24. The predicted octanol–water partition coefficient (Wildman–Crippen LogP) is 5.16. The number of oxazole rings is 1. The second-order valence-electron chi connectivity index (χ2n) is 8.11. The first kappa shape index (κ1) is 20.8. The van der Waals surface area contributed by atoms with Crippen LogP contribution in [-0.2, 0) is 16.4 Å². The predicted molar refractivity (Wildman–Crippen MR) is 118 cm³/mol. The van der Waals surface area contributed by atoms with Crippen LogP contribution in [0.1, 0.15) is 49.4 Å². The van der Waals surface area contributed by atoms with Crippen molar-refractivity contribution in [2.75, 3.05) is 6.26 Å². The van der Waals surface area contributed by atoms with E-state index in [2.05, 4.69) is 40.6 Å². The summed E-state index contributed by atoms with van der Waals surface area (Å²) in [6, 6.07) is 17.6. The van der Waals surface area contributed by atoms with Crippen LogP contribution in [0.15, 0.2) is 70.2 Å². The first-order valence-corrected chi connectivity index (χ1v) is 12.4. The summed E-state index contributed by atoms with van der Waals surface area (Å²) in [5.41, 5.74) is 2.93. The summed E-state index contributed by atoms with van der Waals surface area (Å²) in [7, 11) is -3.21. The molecule has 0 aliphatic heterocycles. The Bertz CT molecular complexity index is 1050. The van der Waals surface area contributed by atoms with E-state index in [0.29, 0.717) is 24.4 Å². The van der Waals surface area contributed by atoms with Crippen LogP contribution in [0, 0.1) is 5.92 Å². The van der Waals surface area contributed by atoms with Gasteiger partial charge in [0.1, 0.15) is 6.26 Å². The molecule has 1 fully saturated rings. The molecule has 158 valence electrons. The molecule has 0 saturated heterocycles. The molecule has 1 aliphatic carbocycles. The molecule has 6 heteroatoms. The van der Waals surface area contributed by atoms with Crippen molar-refractivity contribution < 1.29 is 12.8 Å². The van der Waals surface area contributed by atoms with Crippen LogP contribution in [0.5, 0.6) is 0 Å². The highest BCUT2D eigenvalue weighted by atomic mass is 32.2. The molecule has 1 aromatic heterocycles. The van der Waals surface area contributed by atoms with E-state index in [1.165, 1.54) is 43.9 Å². The number of benzene rings is 2. The Balaban J connectivity index is 1.46. The van der Waals surface area contributed by atoms with Gasteiger partial charge in [-0.2, -0.15) is 0 Å². The lowest BCUT2D eigenvalue weighted by Gasteiger charge is -2.31. The molecule has 3 aromatic rings. The van der Waals surface area contributed by atoms with Gasteiger partial charge in [0.25, 0.3) is 0 Å². The quantitative estimate of drug-likeness (QED) is 0.567. The van der Waals surface area contributed by atoms with E-state index in [1.807, 2.05) is 0 Å². The maximum Gasteiger partial charge on any atom is 0.226 e. The van der Waals surface area contributed by atoms with E-state index in [0.717, 1.165) is 11.3 Å². The van der Waals surface area contributed by atoms with Crippen LogP contribution in [0.2, 0.25) is 0 Å². The van der Waals surface area contributed by atoms with Crippen molar-refractivity contribution in [1.29, 1.82) is 0 Å². The molecular weight excluding hydrogens is 396 g/mol. The molecule has 30 heavy (non-hydrogen) atoms. The summed E-state index contributed by atoms with van der Waals surface area (Å²) in [6.45, 7) is 0.626. The van der Waals surface area contributed by atoms with Gasteiger partial charge in [0, 0.05) is 24.4 Å². The standard InChI is InChI=1S/C24H28N2O3S/c1-30(27,28)22-14-12-20(13-15-22)24-26-21(17-29-24)16-25-23(18-8-4-2-5-9-18)19-10-6-3-7-11-19/h2,4-5,8-9,12-15,17,19,23,25H,3,6-7,10-11,16H2,1H3/t23-/m0/s1. The fraction of sp³-hybridized carbons (Fsp3) is 0.375. The van der Waals surface area contributed by atoms with E-state index in [9.17, 15) is 8.42 Å². The van der Waals surface area contributed by atoms with Crippen LogP contribution in [0.3, 0.4) is 0 Å². The van der Waals surface area contributed by atoms with Crippen molar-refractivity contribution in [2.24, 2.45) is 5.92 Å². The number of sulfone groups is 1. The Morgan fingerprint density at radius 1 is 1.03 bits per heavy atom. The molecule has 5 nitrogen and oxygen atoms in total. The second kappa shape index (κ2) is 9.14. The minimum absolute atomic E-state index is 0.290. The van der Waals surface area contributed by atoms with E-state index in [1.54, 1.807) is 30.5 Å². The highest BCUT2D eigenvalue weighted by Crippen LogP contribution is 2.34. The van der Waals surface area contributed by atoms with Gasteiger partial charge in [-0.15, -0.1) is 0 Å². The summed E-state index contributed by atoms with van der Waals surface area (Å²) in [6.07, 6.45) is 9.32. The fourth-order valence-electron chi connectivity index (χ4n) is 4.26. The molecular formula is C24H28N2O3S. The van der Waals surface area contributed by atoms with Crippen LogP contribution >= 0.6 is 0 Å². The number of nitrogens with one attached hydrogen (secondary N) is 1. The number of aromatic nitrogens is 1. The maximum atomic E-state index is 11.6. The normalized spacial score (nSPS) is 16.4. The third kappa shape index (κ3) is 4.99. The molecule has 0 bridgehead atoms. The van der Waals surface area contributed by atoms with Crippen LogP contribution < -0.4 is 5.32 Å². The number of rotatable bonds is 7. The van der Waals surface area contributed by atoms with Crippen LogP contribution in [0.25, 0.3) is 11.5 Å².